The number of nitro benzene ring substituents is 1. The van der Waals surface area contributed by atoms with Crippen LogP contribution < -0.4 is 5.32 Å². The van der Waals surface area contributed by atoms with E-state index in [1.54, 1.807) is 12.1 Å². The number of anilines is 1. The summed E-state index contributed by atoms with van der Waals surface area (Å²) in [5.74, 6) is -1.65. The molecule has 31 heavy (non-hydrogen) atoms. The predicted octanol–water partition coefficient (Wildman–Crippen LogP) is 4.75. The van der Waals surface area contributed by atoms with E-state index in [-0.39, 0.29) is 39.1 Å². The van der Waals surface area contributed by atoms with Crippen LogP contribution in [0, 0.1) is 21.4 Å². The summed E-state index contributed by atoms with van der Waals surface area (Å²) < 4.78 is 5.57. The van der Waals surface area contributed by atoms with Gasteiger partial charge in [0.05, 0.1) is 16.2 Å². The quantitative estimate of drug-likeness (QED) is 0.244. The minimum Gasteiger partial charge on any atom is -0.478 e. The Morgan fingerprint density at radius 3 is 2.61 bits per heavy atom. The van der Waals surface area contributed by atoms with Gasteiger partial charge in [0.1, 0.15) is 28.2 Å². The summed E-state index contributed by atoms with van der Waals surface area (Å²) in [6, 6.07) is 14.6. The van der Waals surface area contributed by atoms with Gasteiger partial charge in [-0.3, -0.25) is 14.9 Å². The number of halogens is 1. The van der Waals surface area contributed by atoms with Gasteiger partial charge >= 0.3 is 5.97 Å². The number of carbonyl (C=O) groups excluding carboxylic acids is 1. The molecule has 1 amide bonds. The van der Waals surface area contributed by atoms with Crippen LogP contribution in [0.2, 0.25) is 5.02 Å². The Kier molecular flexibility index (Phi) is 6.14. The molecule has 0 spiro atoms. The first-order valence-corrected chi connectivity index (χ1v) is 8.97. The van der Waals surface area contributed by atoms with Gasteiger partial charge in [0.15, 0.2) is 0 Å². The van der Waals surface area contributed by atoms with Gasteiger partial charge < -0.3 is 14.8 Å². The van der Waals surface area contributed by atoms with Crippen molar-refractivity contribution in [2.24, 2.45) is 0 Å². The van der Waals surface area contributed by atoms with Crippen molar-refractivity contribution in [3.63, 3.8) is 0 Å². The topological polar surface area (TPSA) is 146 Å². The van der Waals surface area contributed by atoms with Gasteiger partial charge in [-0.2, -0.15) is 5.26 Å². The molecule has 2 aromatic carbocycles. The maximum atomic E-state index is 12.4. The Morgan fingerprint density at radius 1 is 1.19 bits per heavy atom. The number of rotatable bonds is 6. The lowest BCUT2D eigenvalue weighted by molar-refractivity contribution is -0.384. The van der Waals surface area contributed by atoms with E-state index in [0.29, 0.717) is 5.56 Å². The van der Waals surface area contributed by atoms with E-state index >= 15 is 0 Å². The molecule has 1 aromatic heterocycles. The van der Waals surface area contributed by atoms with Crippen LogP contribution in [0.3, 0.4) is 0 Å². The molecular weight excluding hydrogens is 426 g/mol. The van der Waals surface area contributed by atoms with Crippen LogP contribution in [0.25, 0.3) is 17.4 Å². The average Bonchev–Trinajstić information content (AvgIpc) is 3.21. The molecule has 2 N–H and O–H groups in total. The second kappa shape index (κ2) is 8.94. The number of hydrogen-bond acceptors (Lipinski definition) is 6. The Morgan fingerprint density at radius 2 is 1.94 bits per heavy atom. The van der Waals surface area contributed by atoms with Crippen molar-refractivity contribution < 1.29 is 24.0 Å². The molecule has 0 fully saturated rings. The van der Waals surface area contributed by atoms with Crippen molar-refractivity contribution in [1.29, 1.82) is 5.26 Å². The number of nitrogens with zero attached hydrogens (tertiary/aromatic N) is 2. The van der Waals surface area contributed by atoms with Gasteiger partial charge in [-0.25, -0.2) is 4.79 Å². The molecule has 0 bridgehead atoms. The van der Waals surface area contributed by atoms with Gasteiger partial charge in [0.25, 0.3) is 11.6 Å². The number of hydrogen-bond donors (Lipinski definition) is 2. The molecule has 1 heterocycles. The van der Waals surface area contributed by atoms with E-state index in [2.05, 4.69) is 5.32 Å². The lowest BCUT2D eigenvalue weighted by Crippen LogP contribution is -2.16. The highest BCUT2D eigenvalue weighted by Crippen LogP contribution is 2.31. The molecule has 3 aromatic rings. The van der Waals surface area contributed by atoms with Crippen molar-refractivity contribution in [2.45, 2.75) is 0 Å². The van der Waals surface area contributed by atoms with E-state index in [1.165, 1.54) is 54.6 Å². The number of aromatic carboxylic acids is 1. The van der Waals surface area contributed by atoms with Gasteiger partial charge in [-0.05, 0) is 36.4 Å². The molecule has 0 unspecified atom stereocenters. The highest BCUT2D eigenvalue weighted by molar-refractivity contribution is 6.32. The smallest absolute Gasteiger partial charge is 0.337 e. The molecule has 0 aliphatic rings. The highest BCUT2D eigenvalue weighted by Gasteiger charge is 2.17. The number of nitriles is 1. The SMILES string of the molecule is N#C/C(=C\c1ccc(-c2ccc(Cl)c([N+](=O)[O-])c2)o1)C(=O)Nc1ccccc1C(=O)O. The average molecular weight is 438 g/mol. The summed E-state index contributed by atoms with van der Waals surface area (Å²) in [6.07, 6.45) is 1.17. The summed E-state index contributed by atoms with van der Waals surface area (Å²) in [6.45, 7) is 0. The van der Waals surface area contributed by atoms with Crippen molar-refractivity contribution in [3.05, 3.63) is 86.6 Å². The number of amides is 1. The molecule has 0 saturated carbocycles. The molecule has 3 rings (SSSR count). The number of benzene rings is 2. The molecule has 0 aliphatic carbocycles. The Bertz CT molecular complexity index is 1270. The monoisotopic (exact) mass is 437 g/mol. The molecule has 0 aliphatic heterocycles. The highest BCUT2D eigenvalue weighted by atomic mass is 35.5. The van der Waals surface area contributed by atoms with Crippen molar-refractivity contribution in [1.82, 2.24) is 0 Å². The summed E-state index contributed by atoms with van der Waals surface area (Å²) in [5, 5.41) is 31.9. The molecule has 0 radical (unpaired) electrons. The first-order chi connectivity index (χ1) is 14.8. The normalized spacial score (nSPS) is 10.9. The van der Waals surface area contributed by atoms with Crippen LogP contribution in [0.4, 0.5) is 11.4 Å². The van der Waals surface area contributed by atoms with Crippen LogP contribution in [0.1, 0.15) is 16.1 Å². The first kappa shape index (κ1) is 21.3. The summed E-state index contributed by atoms with van der Waals surface area (Å²) >= 11 is 5.80. The molecular formula is C21H12ClN3O6. The molecule has 154 valence electrons. The van der Waals surface area contributed by atoms with Crippen LogP contribution in [0.15, 0.2) is 64.6 Å². The summed E-state index contributed by atoms with van der Waals surface area (Å²) in [7, 11) is 0. The maximum Gasteiger partial charge on any atom is 0.337 e. The molecule has 9 nitrogen and oxygen atoms in total. The van der Waals surface area contributed by atoms with E-state index in [9.17, 15) is 30.1 Å². The van der Waals surface area contributed by atoms with E-state index < -0.39 is 16.8 Å². The van der Waals surface area contributed by atoms with Gasteiger partial charge in [0, 0.05) is 17.7 Å². The molecule has 0 atom stereocenters. The van der Waals surface area contributed by atoms with Gasteiger partial charge in [0.2, 0.25) is 0 Å². The third-order valence-electron chi connectivity index (χ3n) is 4.11. The minimum absolute atomic E-state index is 0.0227. The van der Waals surface area contributed by atoms with E-state index in [0.717, 1.165) is 0 Å². The lowest BCUT2D eigenvalue weighted by Gasteiger charge is -2.07. The second-order valence-corrected chi connectivity index (χ2v) is 6.51. The third kappa shape index (κ3) is 4.77. The number of carboxylic acid groups (broad SMARTS) is 1. The molecule has 0 saturated heterocycles. The van der Waals surface area contributed by atoms with Crippen LogP contribution in [0.5, 0.6) is 0 Å². The number of nitrogens with one attached hydrogen (secondary N) is 1. The number of para-hydroxylation sites is 1. The van der Waals surface area contributed by atoms with Crippen LogP contribution in [-0.4, -0.2) is 21.9 Å². The predicted molar refractivity (Wildman–Crippen MR) is 111 cm³/mol. The van der Waals surface area contributed by atoms with Crippen LogP contribution >= 0.6 is 11.6 Å². The maximum absolute atomic E-state index is 12.4. The Balaban J connectivity index is 1.86. The number of carbonyl (C=O) groups is 2. The number of carboxylic acids is 1. The fraction of sp³-hybridized carbons (Fsp3) is 0. The zero-order valence-corrected chi connectivity index (χ0v) is 16.3. The van der Waals surface area contributed by atoms with Gasteiger partial charge in [-0.1, -0.05) is 23.7 Å². The van der Waals surface area contributed by atoms with Crippen molar-refractivity contribution >= 4 is 40.9 Å². The zero-order chi connectivity index (χ0) is 22.5. The lowest BCUT2D eigenvalue weighted by atomic mass is 10.1. The zero-order valence-electron chi connectivity index (χ0n) is 15.5. The minimum atomic E-state index is -1.23. The number of furan rings is 1. The second-order valence-electron chi connectivity index (χ2n) is 6.10. The third-order valence-corrected chi connectivity index (χ3v) is 4.43. The Hall–Kier alpha value is -4.42. The van der Waals surface area contributed by atoms with Crippen LogP contribution in [-0.2, 0) is 4.79 Å². The fourth-order valence-corrected chi connectivity index (χ4v) is 2.84. The van der Waals surface area contributed by atoms with E-state index in [1.807, 2.05) is 0 Å². The standard InChI is InChI=1S/C21H12ClN3O6/c22-16-7-5-12(10-18(16)25(29)30)19-8-6-14(31-19)9-13(11-23)20(26)24-17-4-2-1-3-15(17)21(27)28/h1-10H,(H,24,26)(H,27,28)/b13-9+. The summed E-state index contributed by atoms with van der Waals surface area (Å²) in [4.78, 5) is 34.1. The molecule has 10 heteroatoms. The number of nitro groups is 1. The van der Waals surface area contributed by atoms with E-state index in [4.69, 9.17) is 16.0 Å². The Labute approximate surface area is 179 Å². The largest absolute Gasteiger partial charge is 0.478 e. The fourth-order valence-electron chi connectivity index (χ4n) is 2.65. The summed E-state index contributed by atoms with van der Waals surface area (Å²) in [5.41, 5.74) is -0.327. The first-order valence-electron chi connectivity index (χ1n) is 8.59. The van der Waals surface area contributed by atoms with Crippen molar-refractivity contribution in [2.75, 3.05) is 5.32 Å². The van der Waals surface area contributed by atoms with Gasteiger partial charge in [-0.15, -0.1) is 0 Å². The van der Waals surface area contributed by atoms with Crippen molar-refractivity contribution in [3.8, 4) is 17.4 Å².